The van der Waals surface area contributed by atoms with Crippen LogP contribution >= 0.6 is 0 Å². The van der Waals surface area contributed by atoms with Gasteiger partial charge in [-0.05, 0) is 38.5 Å². The molecule has 0 spiro atoms. The fourth-order valence-electron chi connectivity index (χ4n) is 2.38. The fraction of sp³-hybridized carbons (Fsp3) is 1.00. The summed E-state index contributed by atoms with van der Waals surface area (Å²) in [7, 11) is 1.65. The minimum absolute atomic E-state index is 0.0418. The summed E-state index contributed by atoms with van der Waals surface area (Å²) in [5.41, 5.74) is 0. The predicted molar refractivity (Wildman–Crippen MR) is 72.7 cm³/mol. The van der Waals surface area contributed by atoms with Crippen LogP contribution in [0.15, 0.2) is 0 Å². The molecule has 1 aliphatic rings. The van der Waals surface area contributed by atoms with Gasteiger partial charge in [0.25, 0.3) is 0 Å². The first-order chi connectivity index (χ1) is 8.61. The highest BCUT2D eigenvalue weighted by Gasteiger charge is 2.18. The average Bonchev–Trinajstić information content (AvgIpc) is 2.36. The smallest absolute Gasteiger partial charge is 0.0897 e. The van der Waals surface area contributed by atoms with Crippen molar-refractivity contribution in [1.82, 2.24) is 5.32 Å². The molecule has 0 aromatic rings. The Kier molecular flexibility index (Phi) is 7.82. The lowest BCUT2D eigenvalue weighted by atomic mass is 9.87. The molecule has 0 saturated heterocycles. The fourth-order valence-corrected chi connectivity index (χ4v) is 2.38. The van der Waals surface area contributed by atoms with Crippen molar-refractivity contribution in [3.8, 4) is 0 Å². The van der Waals surface area contributed by atoms with E-state index in [1.807, 2.05) is 6.92 Å². The van der Waals surface area contributed by atoms with Gasteiger partial charge in [0.2, 0.25) is 0 Å². The Morgan fingerprint density at radius 1 is 1.22 bits per heavy atom. The maximum absolute atomic E-state index is 9.82. The number of hydrogen-bond acceptors (Lipinski definition) is 4. The second-order valence-corrected chi connectivity index (χ2v) is 5.62. The van der Waals surface area contributed by atoms with Crippen LogP contribution in [0.5, 0.6) is 0 Å². The highest BCUT2D eigenvalue weighted by molar-refractivity contribution is 4.76. The number of hydrogen-bond donors (Lipinski definition) is 2. The van der Waals surface area contributed by atoms with Crippen LogP contribution < -0.4 is 5.32 Å². The summed E-state index contributed by atoms with van der Waals surface area (Å²) < 4.78 is 10.5. The van der Waals surface area contributed by atoms with Gasteiger partial charge in [-0.3, -0.25) is 0 Å². The third-order valence-electron chi connectivity index (χ3n) is 3.63. The number of ether oxygens (including phenoxy) is 2. The molecule has 108 valence electrons. The van der Waals surface area contributed by atoms with Crippen LogP contribution in [0.4, 0.5) is 0 Å². The molecule has 2 N–H and O–H groups in total. The van der Waals surface area contributed by atoms with Gasteiger partial charge >= 0.3 is 0 Å². The molecule has 18 heavy (non-hydrogen) atoms. The number of nitrogens with one attached hydrogen (secondary N) is 1. The molecule has 0 aromatic heterocycles. The Labute approximate surface area is 111 Å². The second kappa shape index (κ2) is 8.86. The predicted octanol–water partition coefficient (Wildman–Crippen LogP) is 1.57. The van der Waals surface area contributed by atoms with E-state index in [1.165, 1.54) is 25.7 Å². The Bertz CT molecular complexity index is 205. The van der Waals surface area contributed by atoms with Gasteiger partial charge in [-0.1, -0.05) is 6.92 Å². The van der Waals surface area contributed by atoms with E-state index >= 15 is 0 Å². The summed E-state index contributed by atoms with van der Waals surface area (Å²) in [5, 5.41) is 13.3. The monoisotopic (exact) mass is 259 g/mol. The molecule has 0 amide bonds. The van der Waals surface area contributed by atoms with Crippen molar-refractivity contribution in [1.29, 1.82) is 0 Å². The summed E-state index contributed by atoms with van der Waals surface area (Å²) in [6.45, 7) is 5.84. The Balaban J connectivity index is 2.04. The lowest BCUT2D eigenvalue weighted by Gasteiger charge is -2.28. The van der Waals surface area contributed by atoms with E-state index in [0.29, 0.717) is 25.8 Å². The van der Waals surface area contributed by atoms with Crippen LogP contribution in [0.25, 0.3) is 0 Å². The van der Waals surface area contributed by atoms with Crippen molar-refractivity contribution in [2.24, 2.45) is 5.92 Å². The molecule has 1 saturated carbocycles. The highest BCUT2D eigenvalue weighted by Crippen LogP contribution is 2.23. The first kappa shape index (κ1) is 15.9. The van der Waals surface area contributed by atoms with Crippen molar-refractivity contribution >= 4 is 0 Å². The molecular weight excluding hydrogens is 230 g/mol. The van der Waals surface area contributed by atoms with Crippen LogP contribution in [-0.4, -0.2) is 50.2 Å². The van der Waals surface area contributed by atoms with Crippen LogP contribution in [-0.2, 0) is 9.47 Å². The molecule has 0 bridgehead atoms. The molecule has 1 aliphatic carbocycles. The van der Waals surface area contributed by atoms with Crippen LogP contribution in [0.2, 0.25) is 0 Å². The maximum Gasteiger partial charge on any atom is 0.0897 e. The van der Waals surface area contributed by atoms with E-state index in [-0.39, 0.29) is 6.10 Å². The number of aliphatic hydroxyl groups is 1. The molecule has 2 unspecified atom stereocenters. The van der Waals surface area contributed by atoms with Crippen molar-refractivity contribution in [3.63, 3.8) is 0 Å². The third kappa shape index (κ3) is 6.69. The Morgan fingerprint density at radius 2 is 1.89 bits per heavy atom. The molecule has 1 rings (SSSR count). The maximum atomic E-state index is 9.82. The molecule has 0 radical (unpaired) electrons. The summed E-state index contributed by atoms with van der Waals surface area (Å²) >= 11 is 0. The van der Waals surface area contributed by atoms with Crippen LogP contribution in [0.3, 0.4) is 0 Å². The van der Waals surface area contributed by atoms with Gasteiger partial charge in [0, 0.05) is 19.7 Å². The average molecular weight is 259 g/mol. The van der Waals surface area contributed by atoms with E-state index < -0.39 is 6.10 Å². The van der Waals surface area contributed by atoms with Gasteiger partial charge in [-0.25, -0.2) is 0 Å². The summed E-state index contributed by atoms with van der Waals surface area (Å²) in [5.74, 6) is 0.867. The third-order valence-corrected chi connectivity index (χ3v) is 3.63. The molecule has 4 nitrogen and oxygen atoms in total. The molecular formula is C14H29NO3. The van der Waals surface area contributed by atoms with Crippen molar-refractivity contribution < 1.29 is 14.6 Å². The van der Waals surface area contributed by atoms with Gasteiger partial charge in [0.1, 0.15) is 0 Å². The van der Waals surface area contributed by atoms with E-state index in [2.05, 4.69) is 12.2 Å². The van der Waals surface area contributed by atoms with Crippen LogP contribution in [0, 0.1) is 5.92 Å². The molecule has 0 aromatic carbocycles. The number of methoxy groups -OCH3 is 1. The summed E-state index contributed by atoms with van der Waals surface area (Å²) in [4.78, 5) is 0. The SMILES string of the molecule is COCC(C)OCC(O)CNC1CCC(C)CC1. The highest BCUT2D eigenvalue weighted by atomic mass is 16.5. The molecule has 2 atom stereocenters. The van der Waals surface area contributed by atoms with Gasteiger partial charge in [0.15, 0.2) is 0 Å². The van der Waals surface area contributed by atoms with Crippen molar-refractivity contribution in [2.45, 2.75) is 57.8 Å². The first-order valence-electron chi connectivity index (χ1n) is 7.13. The van der Waals surface area contributed by atoms with E-state index in [4.69, 9.17) is 9.47 Å². The zero-order valence-corrected chi connectivity index (χ0v) is 12.0. The number of rotatable bonds is 8. The summed E-state index contributed by atoms with van der Waals surface area (Å²) in [6, 6.07) is 0.576. The van der Waals surface area contributed by atoms with E-state index in [0.717, 1.165) is 5.92 Å². The number of aliphatic hydroxyl groups excluding tert-OH is 1. The molecule has 0 aliphatic heterocycles. The minimum atomic E-state index is -0.427. The largest absolute Gasteiger partial charge is 0.389 e. The summed E-state index contributed by atoms with van der Waals surface area (Å²) in [6.07, 6.45) is 4.68. The normalized spacial score (nSPS) is 28.0. The zero-order valence-electron chi connectivity index (χ0n) is 12.0. The van der Waals surface area contributed by atoms with Crippen LogP contribution in [0.1, 0.15) is 39.5 Å². The second-order valence-electron chi connectivity index (χ2n) is 5.62. The van der Waals surface area contributed by atoms with Crippen molar-refractivity contribution in [2.75, 3.05) is 26.9 Å². The van der Waals surface area contributed by atoms with E-state index in [1.54, 1.807) is 7.11 Å². The van der Waals surface area contributed by atoms with E-state index in [9.17, 15) is 5.11 Å². The lowest BCUT2D eigenvalue weighted by Crippen LogP contribution is -2.39. The topological polar surface area (TPSA) is 50.7 Å². The van der Waals surface area contributed by atoms with Gasteiger partial charge < -0.3 is 19.9 Å². The Morgan fingerprint density at radius 3 is 2.50 bits per heavy atom. The zero-order chi connectivity index (χ0) is 13.4. The minimum Gasteiger partial charge on any atom is -0.389 e. The molecule has 4 heteroatoms. The lowest BCUT2D eigenvalue weighted by molar-refractivity contribution is -0.0318. The Hall–Kier alpha value is -0.160. The standard InChI is InChI=1S/C14H29NO3/c1-11-4-6-13(7-5-11)15-8-14(16)10-18-12(2)9-17-3/h11-16H,4-10H2,1-3H3. The van der Waals surface area contributed by atoms with Gasteiger partial charge in [0.05, 0.1) is 25.4 Å². The van der Waals surface area contributed by atoms with Gasteiger partial charge in [-0.15, -0.1) is 0 Å². The quantitative estimate of drug-likeness (QED) is 0.695. The molecule has 0 heterocycles. The molecule has 1 fully saturated rings. The van der Waals surface area contributed by atoms with Crippen molar-refractivity contribution in [3.05, 3.63) is 0 Å². The first-order valence-corrected chi connectivity index (χ1v) is 7.13. The van der Waals surface area contributed by atoms with Gasteiger partial charge in [-0.2, -0.15) is 0 Å².